The monoisotopic (exact) mass is 241 g/mol. The van der Waals surface area contributed by atoms with E-state index in [-0.39, 0.29) is 12.3 Å². The normalized spacial score (nSPS) is 11.5. The maximum absolute atomic E-state index is 11.7. The van der Waals surface area contributed by atoms with Crippen molar-refractivity contribution in [2.24, 2.45) is 5.41 Å². The Labute approximate surface area is 101 Å². The van der Waals surface area contributed by atoms with E-state index < -0.39 is 17.3 Å². The number of carbonyl (C=O) groups is 3. The van der Waals surface area contributed by atoms with Gasteiger partial charge in [0.25, 0.3) is 0 Å². The number of carboxylic acid groups (broad SMARTS) is 1. The van der Waals surface area contributed by atoms with Crippen LogP contribution in [-0.4, -0.2) is 40.8 Å². The topological polar surface area (TPSA) is 74.7 Å². The Morgan fingerprint density at radius 3 is 2.06 bits per heavy atom. The van der Waals surface area contributed by atoms with E-state index in [9.17, 15) is 14.4 Å². The predicted octanol–water partition coefficient (Wildman–Crippen LogP) is 1.09. The number of carbonyl (C=O) groups excluding carboxylic acids is 2. The third-order valence-electron chi connectivity index (χ3n) is 2.23. The van der Waals surface area contributed by atoms with E-state index in [1.807, 2.05) is 0 Å². The summed E-state index contributed by atoms with van der Waals surface area (Å²) in [5, 5.41) is 8.40. The Bertz CT molecular complexity index is 339. The van der Waals surface area contributed by atoms with Crippen molar-refractivity contribution < 1.29 is 19.5 Å². The van der Waals surface area contributed by atoms with Crippen molar-refractivity contribution in [3.05, 3.63) is 12.2 Å². The number of likely N-dealkylation sites (N-methyl/N-ethyl adjacent to an activating group) is 1. The fourth-order valence-corrected chi connectivity index (χ4v) is 1.00. The molecule has 5 heteroatoms. The lowest BCUT2D eigenvalue weighted by atomic mass is 9.90. The number of carboxylic acids is 1. The highest BCUT2D eigenvalue weighted by Crippen LogP contribution is 2.15. The smallest absolute Gasteiger partial charge is 0.328 e. The minimum atomic E-state index is -1.18. The van der Waals surface area contributed by atoms with Gasteiger partial charge in [0.15, 0.2) is 5.78 Å². The molecule has 0 saturated carbocycles. The molecule has 0 aromatic heterocycles. The summed E-state index contributed by atoms with van der Waals surface area (Å²) in [7, 11) is 0. The first-order valence-corrected chi connectivity index (χ1v) is 5.41. The van der Waals surface area contributed by atoms with Crippen LogP contribution in [-0.2, 0) is 14.4 Å². The summed E-state index contributed by atoms with van der Waals surface area (Å²) in [6, 6.07) is 0. The number of Topliss-reactive ketones (excluding diaryl/α,β-unsaturated/α-hetero) is 1. The Morgan fingerprint density at radius 1 is 1.18 bits per heavy atom. The molecule has 0 aliphatic carbocycles. The zero-order chi connectivity index (χ0) is 13.6. The minimum Gasteiger partial charge on any atom is -0.478 e. The molecule has 0 aromatic carbocycles. The number of amides is 1. The third kappa shape index (κ3) is 5.85. The van der Waals surface area contributed by atoms with Crippen LogP contribution in [0.3, 0.4) is 0 Å². The predicted molar refractivity (Wildman–Crippen MR) is 63.5 cm³/mol. The second-order valence-electron chi connectivity index (χ2n) is 4.70. The molecule has 0 saturated heterocycles. The van der Waals surface area contributed by atoms with E-state index in [1.54, 1.807) is 27.7 Å². The molecule has 96 valence electrons. The summed E-state index contributed by atoms with van der Waals surface area (Å²) in [5.74, 6) is -1.71. The number of aliphatic carboxylic acids is 1. The van der Waals surface area contributed by atoms with Gasteiger partial charge in [0, 0.05) is 24.1 Å². The molecule has 0 bridgehead atoms. The van der Waals surface area contributed by atoms with E-state index in [0.717, 1.165) is 12.2 Å². The molecule has 0 spiro atoms. The molecule has 0 aliphatic heterocycles. The molecule has 0 radical (unpaired) electrons. The second-order valence-corrected chi connectivity index (χ2v) is 4.70. The van der Waals surface area contributed by atoms with Crippen LogP contribution in [0.5, 0.6) is 0 Å². The first-order chi connectivity index (χ1) is 7.68. The number of hydrogen-bond acceptors (Lipinski definition) is 3. The molecule has 1 N–H and O–H groups in total. The molecule has 5 nitrogen and oxygen atoms in total. The van der Waals surface area contributed by atoms with Gasteiger partial charge in [0.05, 0.1) is 6.54 Å². The van der Waals surface area contributed by atoms with Gasteiger partial charge < -0.3 is 10.0 Å². The molecule has 0 atom stereocenters. The first kappa shape index (κ1) is 15.3. The van der Waals surface area contributed by atoms with Crippen LogP contribution in [0.4, 0.5) is 0 Å². The van der Waals surface area contributed by atoms with Gasteiger partial charge >= 0.3 is 5.97 Å². The van der Waals surface area contributed by atoms with Crippen LogP contribution in [0.15, 0.2) is 12.2 Å². The van der Waals surface area contributed by atoms with Crippen molar-refractivity contribution in [2.45, 2.75) is 27.7 Å². The molecule has 17 heavy (non-hydrogen) atoms. The quantitative estimate of drug-likeness (QED) is 0.731. The van der Waals surface area contributed by atoms with Gasteiger partial charge in [-0.3, -0.25) is 9.59 Å². The van der Waals surface area contributed by atoms with E-state index in [2.05, 4.69) is 0 Å². The summed E-state index contributed by atoms with van der Waals surface area (Å²) in [5.41, 5.74) is -0.510. The number of rotatable bonds is 5. The maximum Gasteiger partial charge on any atom is 0.328 e. The van der Waals surface area contributed by atoms with Gasteiger partial charge in [0.1, 0.15) is 0 Å². The lowest BCUT2D eigenvalue weighted by molar-refractivity contribution is -0.135. The van der Waals surface area contributed by atoms with E-state index in [1.165, 1.54) is 4.90 Å². The van der Waals surface area contributed by atoms with Crippen molar-refractivity contribution in [1.29, 1.82) is 0 Å². The summed E-state index contributed by atoms with van der Waals surface area (Å²) in [4.78, 5) is 34.9. The number of nitrogens with zero attached hydrogens (tertiary/aromatic N) is 1. The van der Waals surface area contributed by atoms with Gasteiger partial charge in [0.2, 0.25) is 5.91 Å². The van der Waals surface area contributed by atoms with Gasteiger partial charge in [-0.1, -0.05) is 20.8 Å². The highest BCUT2D eigenvalue weighted by atomic mass is 16.4. The SMILES string of the molecule is CCN(CC(=O)C(C)(C)C)C(=O)/C=C\C(=O)O. The largest absolute Gasteiger partial charge is 0.478 e. The lowest BCUT2D eigenvalue weighted by Crippen LogP contribution is -2.38. The first-order valence-electron chi connectivity index (χ1n) is 5.41. The molecule has 0 aromatic rings. The van der Waals surface area contributed by atoms with Crippen molar-refractivity contribution in [2.75, 3.05) is 13.1 Å². The zero-order valence-electron chi connectivity index (χ0n) is 10.7. The number of ketones is 1. The van der Waals surface area contributed by atoms with Crippen molar-refractivity contribution in [3.63, 3.8) is 0 Å². The Hall–Kier alpha value is -1.65. The van der Waals surface area contributed by atoms with Crippen molar-refractivity contribution in [3.8, 4) is 0 Å². The highest BCUT2D eigenvalue weighted by molar-refractivity contribution is 5.96. The van der Waals surface area contributed by atoms with Gasteiger partial charge in [-0.15, -0.1) is 0 Å². The van der Waals surface area contributed by atoms with Crippen LogP contribution in [0.2, 0.25) is 0 Å². The Morgan fingerprint density at radius 2 is 1.71 bits per heavy atom. The van der Waals surface area contributed by atoms with Crippen molar-refractivity contribution >= 4 is 17.7 Å². The highest BCUT2D eigenvalue weighted by Gasteiger charge is 2.24. The summed E-state index contributed by atoms with van der Waals surface area (Å²) in [6.45, 7) is 7.44. The van der Waals surface area contributed by atoms with Crippen LogP contribution < -0.4 is 0 Å². The maximum atomic E-state index is 11.7. The van der Waals surface area contributed by atoms with Gasteiger partial charge in [-0.2, -0.15) is 0 Å². The molecule has 1 amide bonds. The fraction of sp³-hybridized carbons (Fsp3) is 0.583. The molecule has 0 aliphatic rings. The molecule has 0 unspecified atom stereocenters. The average Bonchev–Trinajstić information content (AvgIpc) is 2.20. The van der Waals surface area contributed by atoms with Crippen LogP contribution >= 0.6 is 0 Å². The summed E-state index contributed by atoms with van der Waals surface area (Å²) >= 11 is 0. The van der Waals surface area contributed by atoms with E-state index in [0.29, 0.717) is 6.54 Å². The zero-order valence-corrected chi connectivity index (χ0v) is 10.7. The molecule has 0 rings (SSSR count). The van der Waals surface area contributed by atoms with Gasteiger partial charge in [-0.05, 0) is 6.92 Å². The summed E-state index contributed by atoms with van der Waals surface area (Å²) in [6.07, 6.45) is 1.73. The van der Waals surface area contributed by atoms with Crippen LogP contribution in [0.25, 0.3) is 0 Å². The molecular formula is C12H19NO4. The standard InChI is InChI=1S/C12H19NO4/c1-5-13(8-9(14)12(2,3)4)10(15)6-7-11(16)17/h6-7H,5,8H2,1-4H3,(H,16,17)/b7-6-. The molecular weight excluding hydrogens is 222 g/mol. The van der Waals surface area contributed by atoms with E-state index in [4.69, 9.17) is 5.11 Å². The fourth-order valence-electron chi connectivity index (χ4n) is 1.00. The lowest BCUT2D eigenvalue weighted by Gasteiger charge is -2.23. The van der Waals surface area contributed by atoms with Crippen LogP contribution in [0.1, 0.15) is 27.7 Å². The second kappa shape index (κ2) is 6.18. The molecule has 0 fully saturated rings. The number of hydrogen-bond donors (Lipinski definition) is 1. The van der Waals surface area contributed by atoms with Crippen LogP contribution in [0, 0.1) is 5.41 Å². The Kier molecular flexibility index (Phi) is 5.58. The molecule has 0 heterocycles. The summed E-state index contributed by atoms with van der Waals surface area (Å²) < 4.78 is 0. The minimum absolute atomic E-state index is 0.00277. The van der Waals surface area contributed by atoms with E-state index >= 15 is 0 Å². The Balaban J connectivity index is 4.59. The van der Waals surface area contributed by atoms with Gasteiger partial charge in [-0.25, -0.2) is 4.79 Å². The average molecular weight is 241 g/mol. The third-order valence-corrected chi connectivity index (χ3v) is 2.23. The van der Waals surface area contributed by atoms with Crippen molar-refractivity contribution in [1.82, 2.24) is 4.90 Å².